The molecule has 19 heavy (non-hydrogen) atoms. The SMILES string of the molecule is CSCCCCNc1ccc(C)c(-n2cnnn2)c1. The Hall–Kier alpha value is -1.56. The summed E-state index contributed by atoms with van der Waals surface area (Å²) < 4.78 is 1.69. The van der Waals surface area contributed by atoms with Crippen molar-refractivity contribution >= 4 is 17.4 Å². The van der Waals surface area contributed by atoms with Gasteiger partial charge in [-0.3, -0.25) is 0 Å². The monoisotopic (exact) mass is 277 g/mol. The van der Waals surface area contributed by atoms with Crippen molar-refractivity contribution in [3.8, 4) is 5.69 Å². The van der Waals surface area contributed by atoms with Crippen molar-refractivity contribution in [2.45, 2.75) is 19.8 Å². The molecule has 1 aromatic heterocycles. The number of anilines is 1. The van der Waals surface area contributed by atoms with Crippen LogP contribution in [0.1, 0.15) is 18.4 Å². The molecule has 0 amide bonds. The third-order valence-electron chi connectivity index (χ3n) is 2.91. The van der Waals surface area contributed by atoms with Crippen molar-refractivity contribution in [2.24, 2.45) is 0 Å². The predicted molar refractivity (Wildman–Crippen MR) is 80.0 cm³/mol. The molecule has 0 saturated heterocycles. The van der Waals surface area contributed by atoms with Crippen LogP contribution in [-0.2, 0) is 0 Å². The highest BCUT2D eigenvalue weighted by atomic mass is 32.2. The summed E-state index contributed by atoms with van der Waals surface area (Å²) in [5.74, 6) is 1.23. The van der Waals surface area contributed by atoms with Gasteiger partial charge in [-0.2, -0.15) is 11.8 Å². The van der Waals surface area contributed by atoms with Crippen molar-refractivity contribution in [2.75, 3.05) is 23.9 Å². The highest BCUT2D eigenvalue weighted by molar-refractivity contribution is 7.98. The van der Waals surface area contributed by atoms with Crippen LogP contribution in [0.15, 0.2) is 24.5 Å². The third-order valence-corrected chi connectivity index (χ3v) is 3.61. The number of rotatable bonds is 7. The van der Waals surface area contributed by atoms with E-state index >= 15 is 0 Å². The second kappa shape index (κ2) is 7.13. The summed E-state index contributed by atoms with van der Waals surface area (Å²) in [4.78, 5) is 0. The smallest absolute Gasteiger partial charge is 0.143 e. The van der Waals surface area contributed by atoms with Crippen molar-refractivity contribution in [1.29, 1.82) is 0 Å². The lowest BCUT2D eigenvalue weighted by atomic mass is 10.2. The number of hydrogen-bond acceptors (Lipinski definition) is 5. The average molecular weight is 277 g/mol. The quantitative estimate of drug-likeness (QED) is 0.788. The Labute approximate surface area is 117 Å². The minimum atomic E-state index is 0.999. The summed E-state index contributed by atoms with van der Waals surface area (Å²) in [6.45, 7) is 3.05. The number of unbranched alkanes of at least 4 members (excludes halogenated alkanes) is 1. The van der Waals surface area contributed by atoms with Gasteiger partial charge in [0, 0.05) is 12.2 Å². The Bertz CT molecular complexity index is 498. The van der Waals surface area contributed by atoms with Crippen LogP contribution in [0, 0.1) is 6.92 Å². The van der Waals surface area contributed by atoms with Gasteiger partial charge in [-0.05, 0) is 59.9 Å². The van der Waals surface area contributed by atoms with Crippen LogP contribution in [0.5, 0.6) is 0 Å². The molecule has 1 heterocycles. The van der Waals surface area contributed by atoms with Gasteiger partial charge in [0.15, 0.2) is 0 Å². The molecule has 0 spiro atoms. The number of nitrogens with one attached hydrogen (secondary N) is 1. The van der Waals surface area contributed by atoms with Crippen LogP contribution < -0.4 is 5.32 Å². The molecule has 0 aliphatic carbocycles. The van der Waals surface area contributed by atoms with E-state index in [1.54, 1.807) is 11.0 Å². The summed E-state index contributed by atoms with van der Waals surface area (Å²) in [5, 5.41) is 14.7. The molecule has 5 nitrogen and oxygen atoms in total. The molecule has 0 atom stereocenters. The minimum Gasteiger partial charge on any atom is -0.385 e. The fourth-order valence-electron chi connectivity index (χ4n) is 1.84. The lowest BCUT2D eigenvalue weighted by molar-refractivity contribution is 0.785. The number of nitrogens with zero attached hydrogens (tertiary/aromatic N) is 4. The van der Waals surface area contributed by atoms with Crippen LogP contribution in [0.2, 0.25) is 0 Å². The molecule has 6 heteroatoms. The van der Waals surface area contributed by atoms with E-state index in [-0.39, 0.29) is 0 Å². The Morgan fingerprint density at radius 1 is 1.32 bits per heavy atom. The first kappa shape index (κ1) is 13.9. The standard InChI is InChI=1S/C13H19N5S/c1-11-5-6-12(14-7-3-4-8-19-2)9-13(11)18-10-15-16-17-18/h5-6,9-10,14H,3-4,7-8H2,1-2H3. The molecule has 0 unspecified atom stereocenters. The molecule has 0 aliphatic heterocycles. The Kier molecular flexibility index (Phi) is 5.20. The van der Waals surface area contributed by atoms with Crippen molar-refractivity contribution in [1.82, 2.24) is 20.2 Å². The maximum atomic E-state index is 3.93. The lowest BCUT2D eigenvalue weighted by Gasteiger charge is -2.10. The Morgan fingerprint density at radius 3 is 2.95 bits per heavy atom. The largest absolute Gasteiger partial charge is 0.385 e. The van der Waals surface area contributed by atoms with E-state index in [0.717, 1.165) is 23.5 Å². The zero-order chi connectivity index (χ0) is 13.5. The van der Waals surface area contributed by atoms with Gasteiger partial charge in [-0.1, -0.05) is 6.07 Å². The number of aromatic nitrogens is 4. The van der Waals surface area contributed by atoms with E-state index in [2.05, 4.69) is 52.2 Å². The number of benzene rings is 1. The summed E-state index contributed by atoms with van der Waals surface area (Å²) in [7, 11) is 0. The van der Waals surface area contributed by atoms with E-state index < -0.39 is 0 Å². The molecule has 0 aliphatic rings. The molecular weight excluding hydrogens is 258 g/mol. The molecule has 2 aromatic rings. The van der Waals surface area contributed by atoms with Crippen molar-refractivity contribution in [3.05, 3.63) is 30.1 Å². The van der Waals surface area contributed by atoms with Crippen LogP contribution in [0.4, 0.5) is 5.69 Å². The van der Waals surface area contributed by atoms with Crippen LogP contribution in [-0.4, -0.2) is 38.8 Å². The van der Waals surface area contributed by atoms with E-state index in [9.17, 15) is 0 Å². The first-order chi connectivity index (χ1) is 9.31. The highest BCUT2D eigenvalue weighted by Gasteiger charge is 2.03. The third kappa shape index (κ3) is 3.96. The molecule has 0 saturated carbocycles. The van der Waals surface area contributed by atoms with E-state index in [1.807, 2.05) is 11.8 Å². The van der Waals surface area contributed by atoms with Gasteiger partial charge in [-0.15, -0.1) is 5.10 Å². The molecule has 0 radical (unpaired) electrons. The zero-order valence-electron chi connectivity index (χ0n) is 11.3. The minimum absolute atomic E-state index is 0.999. The van der Waals surface area contributed by atoms with Crippen molar-refractivity contribution < 1.29 is 0 Å². The Morgan fingerprint density at radius 2 is 2.21 bits per heavy atom. The molecule has 1 aromatic carbocycles. The van der Waals surface area contributed by atoms with E-state index in [1.165, 1.54) is 18.6 Å². The topological polar surface area (TPSA) is 55.6 Å². The number of tetrazole rings is 1. The number of aryl methyl sites for hydroxylation is 1. The van der Waals surface area contributed by atoms with Crippen LogP contribution >= 0.6 is 11.8 Å². The molecule has 0 fully saturated rings. The molecule has 102 valence electrons. The average Bonchev–Trinajstić information content (AvgIpc) is 2.94. The van der Waals surface area contributed by atoms with Gasteiger partial charge in [0.1, 0.15) is 6.33 Å². The van der Waals surface area contributed by atoms with Gasteiger partial charge >= 0.3 is 0 Å². The molecule has 1 N–H and O–H groups in total. The molecule has 2 rings (SSSR count). The zero-order valence-corrected chi connectivity index (χ0v) is 12.2. The van der Waals surface area contributed by atoms with Gasteiger partial charge < -0.3 is 5.32 Å². The fraction of sp³-hybridized carbons (Fsp3) is 0.462. The first-order valence-corrected chi connectivity index (χ1v) is 7.77. The molecule has 0 bridgehead atoms. The predicted octanol–water partition coefficient (Wildman–Crippen LogP) is 2.53. The maximum Gasteiger partial charge on any atom is 0.143 e. The van der Waals surface area contributed by atoms with Gasteiger partial charge in [0.05, 0.1) is 5.69 Å². The van der Waals surface area contributed by atoms with Gasteiger partial charge in [0.25, 0.3) is 0 Å². The number of thioether (sulfide) groups is 1. The summed E-state index contributed by atoms with van der Waals surface area (Å²) in [6.07, 6.45) is 6.20. The van der Waals surface area contributed by atoms with Gasteiger partial charge in [0.2, 0.25) is 0 Å². The summed E-state index contributed by atoms with van der Waals surface area (Å²) in [5.41, 5.74) is 3.28. The lowest BCUT2D eigenvalue weighted by Crippen LogP contribution is -2.04. The van der Waals surface area contributed by atoms with Gasteiger partial charge in [-0.25, -0.2) is 4.68 Å². The van der Waals surface area contributed by atoms with Crippen LogP contribution in [0.25, 0.3) is 5.69 Å². The van der Waals surface area contributed by atoms with Crippen molar-refractivity contribution in [3.63, 3.8) is 0 Å². The summed E-state index contributed by atoms with van der Waals surface area (Å²) in [6, 6.07) is 6.26. The second-order valence-corrected chi connectivity index (χ2v) is 5.37. The normalized spacial score (nSPS) is 10.6. The maximum absolute atomic E-state index is 3.93. The summed E-state index contributed by atoms with van der Waals surface area (Å²) >= 11 is 1.90. The highest BCUT2D eigenvalue weighted by Crippen LogP contribution is 2.18. The second-order valence-electron chi connectivity index (χ2n) is 4.38. The van der Waals surface area contributed by atoms with E-state index in [4.69, 9.17) is 0 Å². The molecular formula is C13H19N5S. The first-order valence-electron chi connectivity index (χ1n) is 6.38. The fourth-order valence-corrected chi connectivity index (χ4v) is 2.33. The van der Waals surface area contributed by atoms with Crippen LogP contribution in [0.3, 0.4) is 0 Å². The number of hydrogen-bond donors (Lipinski definition) is 1. The van der Waals surface area contributed by atoms with E-state index in [0.29, 0.717) is 0 Å². The Balaban J connectivity index is 1.97.